The van der Waals surface area contributed by atoms with Crippen LogP contribution in [0.5, 0.6) is 11.5 Å². The summed E-state index contributed by atoms with van der Waals surface area (Å²) in [7, 11) is 0. The molecule has 8 nitrogen and oxygen atoms in total. The molecule has 0 bridgehead atoms. The molecule has 2 rings (SSSR count). The molecule has 246 valence electrons. The van der Waals surface area contributed by atoms with Gasteiger partial charge in [0.2, 0.25) is 0 Å². The third-order valence-electron chi connectivity index (χ3n) is 9.20. The average molecular weight is 606 g/mol. The van der Waals surface area contributed by atoms with Crippen LogP contribution in [0.3, 0.4) is 0 Å². The molecule has 1 aromatic carbocycles. The Kier molecular flexibility index (Phi) is 15.3. The third kappa shape index (κ3) is 11.9. The molecular formula is C35H59NO7. The lowest BCUT2D eigenvalue weighted by Crippen LogP contribution is -2.40. The average Bonchev–Trinajstić information content (AvgIpc) is 2.93. The summed E-state index contributed by atoms with van der Waals surface area (Å²) in [6.07, 6.45) is 13.3. The molecule has 0 radical (unpaired) electrons. The molecular weight excluding hydrogens is 546 g/mol. The van der Waals surface area contributed by atoms with Gasteiger partial charge in [-0.15, -0.1) is 0 Å². The van der Waals surface area contributed by atoms with Gasteiger partial charge in [-0.1, -0.05) is 72.6 Å². The van der Waals surface area contributed by atoms with Crippen molar-refractivity contribution < 1.29 is 34.0 Å². The van der Waals surface area contributed by atoms with Crippen LogP contribution in [0, 0.1) is 38.5 Å². The summed E-state index contributed by atoms with van der Waals surface area (Å²) in [6.45, 7) is 15.9. The number of carbonyl (C=O) groups is 2. The minimum Gasteiger partial charge on any atom is -0.487 e. The zero-order chi connectivity index (χ0) is 32.2. The normalized spacial score (nSPS) is 17.7. The number of aliphatic hydroxyl groups is 1. The highest BCUT2D eigenvalue weighted by Crippen LogP contribution is 2.45. The van der Waals surface area contributed by atoms with Gasteiger partial charge >= 0.3 is 5.97 Å². The quantitative estimate of drug-likeness (QED) is 0.150. The van der Waals surface area contributed by atoms with Crippen LogP contribution >= 0.6 is 0 Å². The molecule has 0 spiro atoms. The smallest absolute Gasteiger partial charge is 0.323 e. The van der Waals surface area contributed by atoms with Gasteiger partial charge in [0, 0.05) is 5.56 Å². The summed E-state index contributed by atoms with van der Waals surface area (Å²) in [5.41, 5.74) is 3.79. The number of ether oxygens (including phenoxy) is 3. The first-order valence-electron chi connectivity index (χ1n) is 16.4. The number of carbonyl (C=O) groups excluding carboxylic acids is 1. The molecule has 1 aliphatic heterocycles. The molecule has 0 aromatic heterocycles. The number of aliphatic hydroxyl groups excluding tert-OH is 1. The molecule has 0 unspecified atom stereocenters. The molecule has 0 saturated carbocycles. The lowest BCUT2D eigenvalue weighted by molar-refractivity contribution is -0.152. The van der Waals surface area contributed by atoms with E-state index >= 15 is 0 Å². The summed E-state index contributed by atoms with van der Waals surface area (Å²) >= 11 is 0. The minimum atomic E-state index is -1.17. The van der Waals surface area contributed by atoms with Gasteiger partial charge in [0.15, 0.2) is 6.61 Å². The Labute approximate surface area is 260 Å². The number of nitrogens with zero attached hydrogens (tertiary/aromatic N) is 1. The Morgan fingerprint density at radius 2 is 1.53 bits per heavy atom. The SMILES string of the molecule is Cc1c(C)c2c(c(C)c1OCC(=O)N(COCO)CC(=O)O)CC[C@@](C)(CCC[C@H](C)CCC[C@H](C)CCCC(C)C)O2. The second-order valence-electron chi connectivity index (χ2n) is 13.7. The highest BCUT2D eigenvalue weighted by Gasteiger charge is 2.34. The van der Waals surface area contributed by atoms with Crippen molar-refractivity contribution in [2.45, 2.75) is 132 Å². The first kappa shape index (κ1) is 36.9. The number of benzene rings is 1. The molecule has 1 amide bonds. The third-order valence-corrected chi connectivity index (χ3v) is 9.20. The Bertz CT molecular complexity index is 1040. The summed E-state index contributed by atoms with van der Waals surface area (Å²) in [4.78, 5) is 24.8. The predicted molar refractivity (Wildman–Crippen MR) is 171 cm³/mol. The lowest BCUT2D eigenvalue weighted by atomic mass is 9.83. The largest absolute Gasteiger partial charge is 0.487 e. The number of hydrogen-bond donors (Lipinski definition) is 2. The van der Waals surface area contributed by atoms with Gasteiger partial charge in [0.1, 0.15) is 37.2 Å². The van der Waals surface area contributed by atoms with E-state index in [0.717, 1.165) is 76.3 Å². The zero-order valence-corrected chi connectivity index (χ0v) is 28.2. The van der Waals surface area contributed by atoms with Crippen molar-refractivity contribution >= 4 is 11.9 Å². The Morgan fingerprint density at radius 3 is 2.12 bits per heavy atom. The van der Waals surface area contributed by atoms with E-state index in [4.69, 9.17) is 24.4 Å². The molecule has 43 heavy (non-hydrogen) atoms. The van der Waals surface area contributed by atoms with Gasteiger partial charge in [-0.2, -0.15) is 0 Å². The Hall–Kier alpha value is -2.32. The maximum atomic E-state index is 12.7. The van der Waals surface area contributed by atoms with Gasteiger partial charge in [-0.25, -0.2) is 0 Å². The summed E-state index contributed by atoms with van der Waals surface area (Å²) in [5, 5.41) is 18.0. The molecule has 8 heteroatoms. The molecule has 1 heterocycles. The van der Waals surface area contributed by atoms with Crippen molar-refractivity contribution in [3.63, 3.8) is 0 Å². The van der Waals surface area contributed by atoms with Crippen molar-refractivity contribution in [3.8, 4) is 11.5 Å². The predicted octanol–water partition coefficient (Wildman–Crippen LogP) is 7.35. The molecule has 0 aliphatic carbocycles. The minimum absolute atomic E-state index is 0.205. The highest BCUT2D eigenvalue weighted by molar-refractivity contribution is 5.82. The van der Waals surface area contributed by atoms with Gasteiger partial charge in [0.25, 0.3) is 5.91 Å². The fraction of sp³-hybridized carbons (Fsp3) is 0.771. The van der Waals surface area contributed by atoms with E-state index in [-0.39, 0.29) is 18.9 Å². The topological polar surface area (TPSA) is 106 Å². The molecule has 1 aromatic rings. The van der Waals surface area contributed by atoms with Crippen molar-refractivity contribution in [2.75, 3.05) is 26.7 Å². The number of amides is 1. The number of carboxylic acids is 1. The molecule has 0 saturated heterocycles. The molecule has 1 aliphatic rings. The van der Waals surface area contributed by atoms with Gasteiger partial charge in [-0.05, 0) is 87.8 Å². The number of aliphatic carboxylic acids is 1. The number of fused-ring (bicyclic) bond motifs is 1. The molecule has 2 N–H and O–H groups in total. The van der Waals surface area contributed by atoms with E-state index < -0.39 is 25.2 Å². The van der Waals surface area contributed by atoms with E-state index in [0.29, 0.717) is 5.75 Å². The van der Waals surface area contributed by atoms with Crippen LogP contribution in [0.2, 0.25) is 0 Å². The number of hydrogen-bond acceptors (Lipinski definition) is 6. The van der Waals surface area contributed by atoms with Crippen LogP contribution in [-0.2, 0) is 20.7 Å². The van der Waals surface area contributed by atoms with Crippen LogP contribution in [0.4, 0.5) is 0 Å². The number of rotatable bonds is 20. The summed E-state index contributed by atoms with van der Waals surface area (Å²) < 4.78 is 17.6. The van der Waals surface area contributed by atoms with Crippen LogP contribution in [-0.4, -0.2) is 59.3 Å². The first-order chi connectivity index (χ1) is 20.3. The number of carboxylic acid groups (broad SMARTS) is 1. The van der Waals surface area contributed by atoms with Crippen LogP contribution in [0.25, 0.3) is 0 Å². The van der Waals surface area contributed by atoms with Gasteiger partial charge in [-0.3, -0.25) is 9.59 Å². The Balaban J connectivity index is 1.92. The standard InChI is InChI=1S/C35H59NO7/c1-24(2)12-9-13-25(3)14-10-15-26(4)16-11-18-35(8)19-17-30-29(7)33(27(5)28(6)34(30)43-35)42-21-31(38)36(20-32(39)40)22-41-23-37/h24-26,37H,9-23H2,1-8H3,(H,39,40)/t25-,26-,35-/m1/s1. The van der Waals surface area contributed by atoms with E-state index in [1.54, 1.807) is 0 Å². The summed E-state index contributed by atoms with van der Waals surface area (Å²) in [6, 6.07) is 0. The van der Waals surface area contributed by atoms with Crippen molar-refractivity contribution in [1.29, 1.82) is 0 Å². The molecule has 0 fully saturated rings. The van der Waals surface area contributed by atoms with Crippen molar-refractivity contribution in [3.05, 3.63) is 22.3 Å². The maximum Gasteiger partial charge on any atom is 0.323 e. The Morgan fingerprint density at radius 1 is 0.930 bits per heavy atom. The maximum absolute atomic E-state index is 12.7. The van der Waals surface area contributed by atoms with E-state index in [1.165, 1.54) is 44.9 Å². The van der Waals surface area contributed by atoms with E-state index in [1.807, 2.05) is 20.8 Å². The fourth-order valence-corrected chi connectivity index (χ4v) is 6.22. The van der Waals surface area contributed by atoms with Crippen LogP contribution < -0.4 is 9.47 Å². The zero-order valence-electron chi connectivity index (χ0n) is 28.2. The first-order valence-corrected chi connectivity index (χ1v) is 16.4. The fourth-order valence-electron chi connectivity index (χ4n) is 6.22. The molecule has 3 atom stereocenters. The van der Waals surface area contributed by atoms with E-state index in [2.05, 4.69) is 34.6 Å². The second kappa shape index (κ2) is 17.8. The van der Waals surface area contributed by atoms with Gasteiger partial charge < -0.3 is 29.3 Å². The van der Waals surface area contributed by atoms with E-state index in [9.17, 15) is 9.59 Å². The monoisotopic (exact) mass is 605 g/mol. The van der Waals surface area contributed by atoms with Gasteiger partial charge in [0.05, 0.1) is 0 Å². The summed E-state index contributed by atoms with van der Waals surface area (Å²) in [5.74, 6) is 2.26. The van der Waals surface area contributed by atoms with Crippen LogP contribution in [0.1, 0.15) is 121 Å². The highest BCUT2D eigenvalue weighted by atomic mass is 16.6. The van der Waals surface area contributed by atoms with Crippen molar-refractivity contribution in [1.82, 2.24) is 4.90 Å². The second-order valence-corrected chi connectivity index (χ2v) is 13.7. The van der Waals surface area contributed by atoms with Crippen molar-refractivity contribution in [2.24, 2.45) is 17.8 Å². The van der Waals surface area contributed by atoms with Crippen LogP contribution in [0.15, 0.2) is 0 Å². The lowest BCUT2D eigenvalue weighted by Gasteiger charge is -2.38.